The van der Waals surface area contributed by atoms with Crippen LogP contribution in [0.1, 0.15) is 11.3 Å². The molecule has 1 aromatic heterocycles. The highest BCUT2D eigenvalue weighted by atomic mass is 35.5. The van der Waals surface area contributed by atoms with Crippen molar-refractivity contribution in [3.63, 3.8) is 0 Å². The lowest BCUT2D eigenvalue weighted by molar-refractivity contribution is 0.600. The van der Waals surface area contributed by atoms with Crippen molar-refractivity contribution in [1.29, 1.82) is 0 Å². The van der Waals surface area contributed by atoms with Gasteiger partial charge in [-0.05, 0) is 49.7 Å². The number of hydrogen-bond donors (Lipinski definition) is 1. The molecule has 0 atom stereocenters. The van der Waals surface area contributed by atoms with Crippen molar-refractivity contribution >= 4 is 27.3 Å². The Kier molecular flexibility index (Phi) is 3.78. The van der Waals surface area contributed by atoms with Gasteiger partial charge in [-0.25, -0.2) is 8.42 Å². The van der Waals surface area contributed by atoms with Crippen molar-refractivity contribution in [2.75, 3.05) is 4.72 Å². The quantitative estimate of drug-likeness (QED) is 0.946. The molecule has 0 spiro atoms. The molecule has 1 aromatic carbocycles. The van der Waals surface area contributed by atoms with E-state index in [-0.39, 0.29) is 4.90 Å². The molecule has 100 valence electrons. The predicted molar refractivity (Wildman–Crippen MR) is 76.0 cm³/mol. The number of rotatable bonds is 3. The molecule has 4 nitrogen and oxygen atoms in total. The molecule has 1 N–H and O–H groups in total. The molecule has 6 heteroatoms. The summed E-state index contributed by atoms with van der Waals surface area (Å²) in [7, 11) is -3.63. The van der Waals surface area contributed by atoms with Gasteiger partial charge < -0.3 is 0 Å². The predicted octanol–water partition coefficient (Wildman–Crippen LogP) is 3.15. The standard InChI is InChI=1S/C13H13ClN2O2S/c1-9-7-10(2)15-8-13(9)19(17,18)16-12-5-3-11(14)4-6-12/h3-8,16H,1-2H3. The summed E-state index contributed by atoms with van der Waals surface area (Å²) in [4.78, 5) is 4.20. The summed E-state index contributed by atoms with van der Waals surface area (Å²) >= 11 is 5.76. The summed E-state index contributed by atoms with van der Waals surface area (Å²) in [5, 5.41) is 0.552. The number of aromatic nitrogens is 1. The number of aryl methyl sites for hydroxylation is 2. The summed E-state index contributed by atoms with van der Waals surface area (Å²) in [6.07, 6.45) is 1.36. The maximum absolute atomic E-state index is 12.2. The molecule has 0 aliphatic heterocycles. The zero-order valence-corrected chi connectivity index (χ0v) is 12.1. The van der Waals surface area contributed by atoms with Crippen molar-refractivity contribution in [3.8, 4) is 0 Å². The number of sulfonamides is 1. The lowest BCUT2D eigenvalue weighted by Gasteiger charge is -2.10. The third-order valence-corrected chi connectivity index (χ3v) is 4.35. The fourth-order valence-corrected chi connectivity index (χ4v) is 3.05. The van der Waals surface area contributed by atoms with E-state index in [1.807, 2.05) is 6.92 Å². The smallest absolute Gasteiger partial charge is 0.263 e. The number of nitrogens with one attached hydrogen (secondary N) is 1. The number of halogens is 1. The number of hydrogen-bond acceptors (Lipinski definition) is 3. The minimum absolute atomic E-state index is 0.174. The van der Waals surface area contributed by atoms with Crippen LogP contribution in [0.5, 0.6) is 0 Å². The highest BCUT2D eigenvalue weighted by Crippen LogP contribution is 2.20. The third kappa shape index (κ3) is 3.24. The average molecular weight is 297 g/mol. The number of pyridine rings is 1. The molecule has 2 aromatic rings. The maximum Gasteiger partial charge on any atom is 0.263 e. The van der Waals surface area contributed by atoms with E-state index in [0.717, 1.165) is 5.69 Å². The molecule has 19 heavy (non-hydrogen) atoms. The van der Waals surface area contributed by atoms with Gasteiger partial charge >= 0.3 is 0 Å². The molecule has 1 heterocycles. The first-order chi connectivity index (χ1) is 8.88. The normalized spacial score (nSPS) is 11.3. The number of anilines is 1. The van der Waals surface area contributed by atoms with Gasteiger partial charge in [0.1, 0.15) is 4.90 Å². The minimum Gasteiger partial charge on any atom is -0.280 e. The van der Waals surface area contributed by atoms with Gasteiger partial charge in [-0.3, -0.25) is 9.71 Å². The largest absolute Gasteiger partial charge is 0.280 e. The molecular formula is C13H13ClN2O2S. The Morgan fingerprint density at radius 2 is 1.79 bits per heavy atom. The summed E-state index contributed by atoms with van der Waals surface area (Å²) < 4.78 is 27.0. The van der Waals surface area contributed by atoms with Gasteiger partial charge in [0.15, 0.2) is 0 Å². The van der Waals surface area contributed by atoms with Gasteiger partial charge in [0, 0.05) is 22.6 Å². The van der Waals surface area contributed by atoms with Crippen LogP contribution in [0.25, 0.3) is 0 Å². The van der Waals surface area contributed by atoms with E-state index in [0.29, 0.717) is 16.3 Å². The van der Waals surface area contributed by atoms with E-state index in [2.05, 4.69) is 9.71 Å². The number of nitrogens with zero attached hydrogens (tertiary/aromatic N) is 1. The van der Waals surface area contributed by atoms with Crippen molar-refractivity contribution in [2.45, 2.75) is 18.7 Å². The molecular weight excluding hydrogens is 284 g/mol. The van der Waals surface area contributed by atoms with Crippen molar-refractivity contribution in [3.05, 3.63) is 52.8 Å². The number of benzene rings is 1. The molecule has 0 bridgehead atoms. The fourth-order valence-electron chi connectivity index (χ4n) is 1.69. The lowest BCUT2D eigenvalue weighted by Crippen LogP contribution is -2.14. The summed E-state index contributed by atoms with van der Waals surface area (Å²) in [5.74, 6) is 0. The van der Waals surface area contributed by atoms with E-state index in [1.165, 1.54) is 6.20 Å². The minimum atomic E-state index is -3.63. The molecule has 0 unspecified atom stereocenters. The van der Waals surface area contributed by atoms with Gasteiger partial charge in [0.05, 0.1) is 0 Å². The van der Waals surface area contributed by atoms with Crippen LogP contribution in [0.15, 0.2) is 41.4 Å². The fraction of sp³-hybridized carbons (Fsp3) is 0.154. The SMILES string of the molecule is Cc1cc(C)c(S(=O)(=O)Nc2ccc(Cl)cc2)cn1. The van der Waals surface area contributed by atoms with Crippen molar-refractivity contribution in [2.24, 2.45) is 0 Å². The Morgan fingerprint density at radius 1 is 1.16 bits per heavy atom. The first kappa shape index (κ1) is 13.8. The van der Waals surface area contributed by atoms with Crippen molar-refractivity contribution in [1.82, 2.24) is 4.98 Å². The highest BCUT2D eigenvalue weighted by Gasteiger charge is 2.17. The zero-order chi connectivity index (χ0) is 14.0. The third-order valence-electron chi connectivity index (χ3n) is 2.59. The molecule has 0 saturated heterocycles. The van der Waals surface area contributed by atoms with Gasteiger partial charge in [-0.1, -0.05) is 11.6 Å². The van der Waals surface area contributed by atoms with Crippen LogP contribution in [0.2, 0.25) is 5.02 Å². The lowest BCUT2D eigenvalue weighted by atomic mass is 10.2. The van der Waals surface area contributed by atoms with Crippen LogP contribution >= 0.6 is 11.6 Å². The summed E-state index contributed by atoms with van der Waals surface area (Å²) in [5.41, 5.74) is 1.90. The highest BCUT2D eigenvalue weighted by molar-refractivity contribution is 7.92. The summed E-state index contributed by atoms with van der Waals surface area (Å²) in [6.45, 7) is 3.56. The van der Waals surface area contributed by atoms with Crippen LogP contribution in [0, 0.1) is 13.8 Å². The van der Waals surface area contributed by atoms with E-state index >= 15 is 0 Å². The van der Waals surface area contributed by atoms with E-state index in [4.69, 9.17) is 11.6 Å². The van der Waals surface area contributed by atoms with Crippen LogP contribution < -0.4 is 4.72 Å². The van der Waals surface area contributed by atoms with Crippen LogP contribution in [-0.2, 0) is 10.0 Å². The second-order valence-electron chi connectivity index (χ2n) is 4.20. The van der Waals surface area contributed by atoms with E-state index in [1.54, 1.807) is 37.3 Å². The first-order valence-electron chi connectivity index (χ1n) is 5.60. The molecule has 0 amide bonds. The van der Waals surface area contributed by atoms with Gasteiger partial charge in [-0.2, -0.15) is 0 Å². The molecule has 0 aliphatic carbocycles. The molecule has 0 aliphatic rings. The maximum atomic E-state index is 12.2. The monoisotopic (exact) mass is 296 g/mol. The molecule has 2 rings (SSSR count). The zero-order valence-electron chi connectivity index (χ0n) is 10.5. The molecule has 0 radical (unpaired) electrons. The first-order valence-corrected chi connectivity index (χ1v) is 7.46. The topological polar surface area (TPSA) is 59.1 Å². The van der Waals surface area contributed by atoms with Crippen LogP contribution in [0.4, 0.5) is 5.69 Å². The van der Waals surface area contributed by atoms with Crippen molar-refractivity contribution < 1.29 is 8.42 Å². The second-order valence-corrected chi connectivity index (χ2v) is 6.29. The Bertz CT molecular complexity index is 697. The van der Waals surface area contributed by atoms with E-state index < -0.39 is 10.0 Å². The van der Waals surface area contributed by atoms with Gasteiger partial charge in [0.25, 0.3) is 10.0 Å². The second kappa shape index (κ2) is 5.19. The Labute approximate surface area is 117 Å². The van der Waals surface area contributed by atoms with Crippen LogP contribution in [-0.4, -0.2) is 13.4 Å². The van der Waals surface area contributed by atoms with Gasteiger partial charge in [0.2, 0.25) is 0 Å². The van der Waals surface area contributed by atoms with Gasteiger partial charge in [-0.15, -0.1) is 0 Å². The van der Waals surface area contributed by atoms with Crippen LogP contribution in [0.3, 0.4) is 0 Å². The van der Waals surface area contributed by atoms with E-state index in [9.17, 15) is 8.42 Å². The molecule has 0 saturated carbocycles. The summed E-state index contributed by atoms with van der Waals surface area (Å²) in [6, 6.07) is 8.20. The average Bonchev–Trinajstić information content (AvgIpc) is 2.31. The Hall–Kier alpha value is -1.59. The Balaban J connectivity index is 2.35. The Morgan fingerprint density at radius 3 is 2.37 bits per heavy atom. The molecule has 0 fully saturated rings.